The van der Waals surface area contributed by atoms with Gasteiger partial charge in [0.25, 0.3) is 5.91 Å². The van der Waals surface area contributed by atoms with E-state index in [0.29, 0.717) is 30.2 Å². The lowest BCUT2D eigenvalue weighted by molar-refractivity contribution is 0.0766. The molecule has 0 fully saturated rings. The molecule has 0 aliphatic carbocycles. The Morgan fingerprint density at radius 2 is 1.68 bits per heavy atom. The summed E-state index contributed by atoms with van der Waals surface area (Å²) in [5, 5.41) is 1.04. The Balaban J connectivity index is 1.78. The highest BCUT2D eigenvalue weighted by Gasteiger charge is 2.22. The van der Waals surface area contributed by atoms with Crippen molar-refractivity contribution in [1.29, 1.82) is 0 Å². The molecule has 0 radical (unpaired) electrons. The molecule has 0 spiro atoms. The van der Waals surface area contributed by atoms with Crippen molar-refractivity contribution in [2.75, 3.05) is 27.8 Å². The van der Waals surface area contributed by atoms with Crippen LogP contribution in [0.5, 0.6) is 11.5 Å². The molecule has 5 heteroatoms. The molecule has 0 N–H and O–H groups in total. The van der Waals surface area contributed by atoms with E-state index in [0.717, 1.165) is 33.2 Å². The van der Waals surface area contributed by atoms with Crippen molar-refractivity contribution in [1.82, 2.24) is 4.90 Å². The molecule has 28 heavy (non-hydrogen) atoms. The number of fused-ring (bicyclic) bond motifs is 1. The predicted octanol–water partition coefficient (Wildman–Crippen LogP) is 4.69. The number of benzene rings is 2. The number of ether oxygens (including phenoxy) is 2. The van der Waals surface area contributed by atoms with Crippen molar-refractivity contribution in [3.8, 4) is 11.5 Å². The quantitative estimate of drug-likeness (QED) is 0.622. The molecule has 0 atom stereocenters. The van der Waals surface area contributed by atoms with Crippen LogP contribution in [-0.2, 0) is 6.42 Å². The number of carbonyl (C=O) groups is 1. The minimum atomic E-state index is -0.104. The van der Waals surface area contributed by atoms with Crippen LogP contribution in [0.3, 0.4) is 0 Å². The number of aryl methyl sites for hydroxylation is 3. The van der Waals surface area contributed by atoms with Crippen LogP contribution < -0.4 is 9.47 Å². The molecule has 0 unspecified atom stereocenters. The maximum atomic E-state index is 13.0. The maximum Gasteiger partial charge on any atom is 0.289 e. The summed E-state index contributed by atoms with van der Waals surface area (Å²) in [7, 11) is 5.03. The standard InChI is InChI=1S/C23H27NO4/c1-14-7-8-15(2)21-20(14)16(3)22(28-21)23(25)24(4)12-11-17-9-10-18(26-5)19(13-17)27-6/h7-10,13H,11-12H2,1-6H3. The smallest absolute Gasteiger partial charge is 0.289 e. The lowest BCUT2D eigenvalue weighted by Crippen LogP contribution is -2.29. The molecule has 1 amide bonds. The number of nitrogens with zero attached hydrogens (tertiary/aromatic N) is 1. The Hall–Kier alpha value is -2.95. The fraction of sp³-hybridized carbons (Fsp3) is 0.348. The topological polar surface area (TPSA) is 51.9 Å². The third-order valence-electron chi connectivity index (χ3n) is 5.21. The zero-order chi connectivity index (χ0) is 20.4. The minimum Gasteiger partial charge on any atom is -0.493 e. The van der Waals surface area contributed by atoms with Gasteiger partial charge in [-0.15, -0.1) is 0 Å². The molecule has 5 nitrogen and oxygen atoms in total. The zero-order valence-electron chi connectivity index (χ0n) is 17.4. The van der Waals surface area contributed by atoms with Crippen LogP contribution in [-0.4, -0.2) is 38.6 Å². The van der Waals surface area contributed by atoms with E-state index in [1.807, 2.05) is 45.0 Å². The number of amides is 1. The van der Waals surface area contributed by atoms with Gasteiger partial charge in [-0.1, -0.05) is 18.2 Å². The second-order valence-electron chi connectivity index (χ2n) is 7.13. The Morgan fingerprint density at radius 1 is 1.00 bits per heavy atom. The second kappa shape index (κ2) is 7.97. The largest absolute Gasteiger partial charge is 0.493 e. The molecule has 0 saturated carbocycles. The molecule has 1 heterocycles. The van der Waals surface area contributed by atoms with E-state index < -0.39 is 0 Å². The molecular weight excluding hydrogens is 354 g/mol. The number of methoxy groups -OCH3 is 2. The van der Waals surface area contributed by atoms with Crippen molar-refractivity contribution in [3.63, 3.8) is 0 Å². The van der Waals surface area contributed by atoms with E-state index in [4.69, 9.17) is 13.9 Å². The SMILES string of the molecule is COc1ccc(CCN(C)C(=O)c2oc3c(C)ccc(C)c3c2C)cc1OC. The van der Waals surface area contributed by atoms with Gasteiger partial charge >= 0.3 is 0 Å². The second-order valence-corrected chi connectivity index (χ2v) is 7.13. The number of hydrogen-bond acceptors (Lipinski definition) is 4. The number of rotatable bonds is 6. The molecule has 3 aromatic rings. The van der Waals surface area contributed by atoms with Gasteiger partial charge in [-0.05, 0) is 56.0 Å². The Kier molecular flexibility index (Phi) is 5.63. The van der Waals surface area contributed by atoms with Gasteiger partial charge in [-0.3, -0.25) is 4.79 Å². The first-order valence-corrected chi connectivity index (χ1v) is 9.33. The summed E-state index contributed by atoms with van der Waals surface area (Å²) in [6.45, 7) is 6.57. The van der Waals surface area contributed by atoms with Gasteiger partial charge in [0.1, 0.15) is 5.58 Å². The summed E-state index contributed by atoms with van der Waals surface area (Å²) in [5.74, 6) is 1.70. The molecule has 2 aromatic carbocycles. The zero-order valence-corrected chi connectivity index (χ0v) is 17.4. The summed E-state index contributed by atoms with van der Waals surface area (Å²) < 4.78 is 16.6. The highest BCUT2D eigenvalue weighted by Crippen LogP contribution is 2.31. The van der Waals surface area contributed by atoms with E-state index in [1.54, 1.807) is 26.2 Å². The first kappa shape index (κ1) is 19.8. The number of likely N-dealkylation sites (N-methyl/N-ethyl adjacent to an activating group) is 1. The van der Waals surface area contributed by atoms with Crippen molar-refractivity contribution in [3.05, 3.63) is 58.3 Å². The lowest BCUT2D eigenvalue weighted by Gasteiger charge is -2.17. The third kappa shape index (κ3) is 3.57. The van der Waals surface area contributed by atoms with Crippen molar-refractivity contribution in [2.24, 2.45) is 0 Å². The van der Waals surface area contributed by atoms with Gasteiger partial charge in [-0.25, -0.2) is 0 Å². The molecule has 0 saturated heterocycles. The summed E-state index contributed by atoms with van der Waals surface area (Å²) in [6.07, 6.45) is 0.708. The highest BCUT2D eigenvalue weighted by molar-refractivity contribution is 6.00. The Morgan fingerprint density at radius 3 is 2.32 bits per heavy atom. The average molecular weight is 381 g/mol. The average Bonchev–Trinajstić information content (AvgIpc) is 3.06. The van der Waals surface area contributed by atoms with Gasteiger partial charge in [0.15, 0.2) is 17.3 Å². The summed E-state index contributed by atoms with van der Waals surface area (Å²) >= 11 is 0. The summed E-state index contributed by atoms with van der Waals surface area (Å²) in [4.78, 5) is 14.7. The number of hydrogen-bond donors (Lipinski definition) is 0. The van der Waals surface area contributed by atoms with Gasteiger partial charge in [0.05, 0.1) is 14.2 Å². The van der Waals surface area contributed by atoms with Crippen molar-refractivity contribution < 1.29 is 18.7 Å². The fourth-order valence-electron chi connectivity index (χ4n) is 3.49. The number of carbonyl (C=O) groups excluding carboxylic acids is 1. The Labute approximate surface area is 165 Å². The van der Waals surface area contributed by atoms with E-state index in [-0.39, 0.29) is 5.91 Å². The van der Waals surface area contributed by atoms with E-state index in [9.17, 15) is 4.79 Å². The normalized spacial score (nSPS) is 10.9. The molecule has 3 rings (SSSR count). The Bertz CT molecular complexity index is 1020. The van der Waals surface area contributed by atoms with Crippen LogP contribution in [0.4, 0.5) is 0 Å². The summed E-state index contributed by atoms with van der Waals surface area (Å²) in [6, 6.07) is 9.89. The molecular formula is C23H27NO4. The van der Waals surface area contributed by atoms with Crippen LogP contribution in [0.25, 0.3) is 11.0 Å². The molecule has 0 aliphatic rings. The van der Waals surface area contributed by atoms with E-state index in [2.05, 4.69) is 6.07 Å². The molecule has 1 aromatic heterocycles. The first-order chi connectivity index (χ1) is 13.4. The van der Waals surface area contributed by atoms with Gasteiger partial charge in [0, 0.05) is 24.5 Å². The molecule has 0 aliphatic heterocycles. The minimum absolute atomic E-state index is 0.104. The molecule has 148 valence electrons. The monoisotopic (exact) mass is 381 g/mol. The molecule has 0 bridgehead atoms. The van der Waals surface area contributed by atoms with Crippen LogP contribution in [0.1, 0.15) is 32.8 Å². The van der Waals surface area contributed by atoms with Crippen LogP contribution >= 0.6 is 0 Å². The van der Waals surface area contributed by atoms with E-state index >= 15 is 0 Å². The lowest BCUT2D eigenvalue weighted by atomic mass is 10.0. The fourth-order valence-corrected chi connectivity index (χ4v) is 3.49. The van der Waals surface area contributed by atoms with Crippen LogP contribution in [0, 0.1) is 20.8 Å². The van der Waals surface area contributed by atoms with Gasteiger partial charge < -0.3 is 18.8 Å². The van der Waals surface area contributed by atoms with Crippen LogP contribution in [0.2, 0.25) is 0 Å². The van der Waals surface area contributed by atoms with Crippen molar-refractivity contribution in [2.45, 2.75) is 27.2 Å². The van der Waals surface area contributed by atoms with Gasteiger partial charge in [0.2, 0.25) is 0 Å². The summed E-state index contributed by atoms with van der Waals surface area (Å²) in [5.41, 5.74) is 4.93. The predicted molar refractivity (Wildman–Crippen MR) is 111 cm³/mol. The van der Waals surface area contributed by atoms with Crippen molar-refractivity contribution >= 4 is 16.9 Å². The van der Waals surface area contributed by atoms with Crippen LogP contribution in [0.15, 0.2) is 34.7 Å². The van der Waals surface area contributed by atoms with Gasteiger partial charge in [-0.2, -0.15) is 0 Å². The van der Waals surface area contributed by atoms with E-state index in [1.165, 1.54) is 0 Å². The highest BCUT2D eigenvalue weighted by atomic mass is 16.5. The first-order valence-electron chi connectivity index (χ1n) is 9.33. The number of furan rings is 1. The third-order valence-corrected chi connectivity index (χ3v) is 5.21. The maximum absolute atomic E-state index is 13.0.